The van der Waals surface area contributed by atoms with E-state index in [1.165, 1.54) is 50.6 Å². The average molecular weight is 839 g/mol. The second-order valence-electron chi connectivity index (χ2n) is 9.28. The third-order valence-corrected chi connectivity index (χ3v) is 10.9. The van der Waals surface area contributed by atoms with Crippen LogP contribution in [0.2, 0.25) is 30.4 Å². The number of ether oxygens (including phenoxy) is 2. The number of aromatic nitrogens is 4. The average Bonchev–Trinajstić information content (AvgIpc) is 3.03. The number of sulfonamides is 2. The molecule has 0 aliphatic rings. The Bertz CT molecular complexity index is 2040. The zero-order valence-corrected chi connectivity index (χ0v) is 31.8. The van der Waals surface area contributed by atoms with E-state index in [2.05, 4.69) is 34.7 Å². The molecule has 15 nitrogen and oxygen atoms in total. The molecular formula is C26H26Cl6N8O7S2. The lowest BCUT2D eigenvalue weighted by Gasteiger charge is -2.16. The summed E-state index contributed by atoms with van der Waals surface area (Å²) in [5.74, 6) is -0.0767. The lowest BCUT2D eigenvalue weighted by Crippen LogP contribution is -2.18. The van der Waals surface area contributed by atoms with E-state index < -0.39 is 20.0 Å². The van der Waals surface area contributed by atoms with Gasteiger partial charge in [-0.3, -0.25) is 9.44 Å². The van der Waals surface area contributed by atoms with Crippen LogP contribution in [-0.4, -0.2) is 83.3 Å². The molecule has 4 rings (SSSR count). The third-order valence-electron chi connectivity index (χ3n) is 5.71. The van der Waals surface area contributed by atoms with Gasteiger partial charge in [-0.05, 0) is 24.3 Å². The molecule has 4 aromatic rings. The van der Waals surface area contributed by atoms with Crippen molar-refractivity contribution in [3.8, 4) is 11.8 Å². The number of methoxy groups -OCH3 is 2. The highest BCUT2D eigenvalue weighted by Crippen LogP contribution is 2.35. The molecule has 266 valence electrons. The third kappa shape index (κ3) is 10.0. The van der Waals surface area contributed by atoms with E-state index in [0.717, 1.165) is 0 Å². The Morgan fingerprint density at radius 1 is 0.694 bits per heavy atom. The van der Waals surface area contributed by atoms with Crippen LogP contribution in [0.4, 0.5) is 23.3 Å². The molecule has 23 heteroatoms. The zero-order chi connectivity index (χ0) is 36.7. The molecule has 49 heavy (non-hydrogen) atoms. The van der Waals surface area contributed by atoms with Crippen LogP contribution in [0.15, 0.2) is 46.2 Å². The van der Waals surface area contributed by atoms with Gasteiger partial charge in [0.05, 0.1) is 40.9 Å². The normalized spacial score (nSPS) is 11.2. The van der Waals surface area contributed by atoms with Crippen LogP contribution in [0.3, 0.4) is 0 Å². The first-order valence-corrected chi connectivity index (χ1v) is 18.4. The molecule has 0 spiro atoms. The van der Waals surface area contributed by atoms with Gasteiger partial charge in [0.15, 0.2) is 21.9 Å². The van der Waals surface area contributed by atoms with Gasteiger partial charge in [-0.15, -0.1) is 0 Å². The molecule has 0 aliphatic carbocycles. The summed E-state index contributed by atoms with van der Waals surface area (Å²) in [6.45, 7) is 0.0305. The highest BCUT2D eigenvalue weighted by atomic mass is 35.5. The molecule has 0 atom stereocenters. The maximum absolute atomic E-state index is 12.5. The van der Waals surface area contributed by atoms with Crippen LogP contribution in [0.25, 0.3) is 0 Å². The summed E-state index contributed by atoms with van der Waals surface area (Å²) in [5.41, 5.74) is 0. The minimum Gasteiger partial charge on any atom is -0.478 e. The standard InChI is InChI=1S/C13H13Cl3N4O4S.C13H13Cl3N4O3S/c1-24-13-12(18-10(16)11(19-13)17-5-6-21)20-25(22,23)8-4-2-3-7(14)9(8)15;1-20(2)12-10(16)17-11(13(18-12)23-3)19-24(21,22)8-6-4-5-7(14)9(8)15/h2-4,21H,5-6H2,1H3,(H,17,19)(H,18,20);4-6H,1-3H3,(H,17,19). The molecule has 2 heterocycles. The molecule has 0 fully saturated rings. The molecule has 0 radical (unpaired) electrons. The van der Waals surface area contributed by atoms with Crippen molar-refractivity contribution in [3.05, 3.63) is 66.8 Å². The number of benzene rings is 2. The summed E-state index contributed by atoms with van der Waals surface area (Å²) in [6.07, 6.45) is 0. The second kappa shape index (κ2) is 17.3. The maximum Gasteiger partial charge on any atom is 0.264 e. The van der Waals surface area contributed by atoms with E-state index in [1.54, 1.807) is 19.0 Å². The van der Waals surface area contributed by atoms with Gasteiger partial charge in [-0.1, -0.05) is 81.7 Å². The predicted octanol–water partition coefficient (Wildman–Crippen LogP) is 5.96. The van der Waals surface area contributed by atoms with Gasteiger partial charge in [-0.2, -0.15) is 9.97 Å². The second-order valence-corrected chi connectivity index (χ2v) is 14.9. The minimum absolute atomic E-state index is 0.00990. The van der Waals surface area contributed by atoms with Crippen LogP contribution in [0.1, 0.15) is 0 Å². The number of nitrogens with one attached hydrogen (secondary N) is 3. The Hall–Kier alpha value is -3.00. The number of hydrogen-bond donors (Lipinski definition) is 4. The first-order valence-electron chi connectivity index (χ1n) is 13.2. The summed E-state index contributed by atoms with van der Waals surface area (Å²) in [6, 6.07) is 8.45. The fourth-order valence-corrected chi connectivity index (χ4v) is 7.54. The van der Waals surface area contributed by atoms with Gasteiger partial charge < -0.3 is 24.8 Å². The van der Waals surface area contributed by atoms with Gasteiger partial charge in [0.1, 0.15) is 9.79 Å². The Kier molecular flexibility index (Phi) is 14.3. The first kappa shape index (κ1) is 40.4. The summed E-state index contributed by atoms with van der Waals surface area (Å²) in [5, 5.41) is 11.4. The number of halogens is 6. The molecule has 0 unspecified atom stereocenters. The van der Waals surface area contributed by atoms with E-state index in [-0.39, 0.29) is 82.6 Å². The van der Waals surface area contributed by atoms with Crippen molar-refractivity contribution in [1.29, 1.82) is 0 Å². The lowest BCUT2D eigenvalue weighted by molar-refractivity contribution is 0.311. The van der Waals surface area contributed by atoms with Crippen LogP contribution in [0.5, 0.6) is 11.8 Å². The molecular weight excluding hydrogens is 813 g/mol. The smallest absolute Gasteiger partial charge is 0.264 e. The fraction of sp³-hybridized carbons (Fsp3) is 0.231. The van der Waals surface area contributed by atoms with E-state index >= 15 is 0 Å². The molecule has 2 aromatic carbocycles. The number of nitrogens with zero attached hydrogens (tertiary/aromatic N) is 5. The van der Waals surface area contributed by atoms with Gasteiger partial charge in [0, 0.05) is 20.6 Å². The largest absolute Gasteiger partial charge is 0.478 e. The van der Waals surface area contributed by atoms with E-state index in [0.29, 0.717) is 5.82 Å². The molecule has 0 amide bonds. The summed E-state index contributed by atoms with van der Waals surface area (Å²) >= 11 is 35.6. The Labute approximate surface area is 311 Å². The van der Waals surface area contributed by atoms with Gasteiger partial charge >= 0.3 is 0 Å². The maximum atomic E-state index is 12.5. The SMILES string of the molecule is COc1nc(N(C)C)c(Cl)nc1NS(=O)(=O)c1cccc(Cl)c1Cl.COc1nc(NCCO)c(Cl)nc1NS(=O)(=O)c1cccc(Cl)c1Cl. The van der Waals surface area contributed by atoms with Crippen LogP contribution < -0.4 is 29.1 Å². The van der Waals surface area contributed by atoms with Crippen molar-refractivity contribution in [2.45, 2.75) is 9.79 Å². The quantitative estimate of drug-likeness (QED) is 0.131. The first-order chi connectivity index (χ1) is 23.0. The number of anilines is 4. The number of aliphatic hydroxyl groups is 1. The monoisotopic (exact) mass is 836 g/mol. The molecule has 0 bridgehead atoms. The van der Waals surface area contributed by atoms with E-state index in [1.807, 2.05) is 0 Å². The topological polar surface area (TPSA) is 198 Å². The molecule has 0 saturated heterocycles. The molecule has 2 aromatic heterocycles. The van der Waals surface area contributed by atoms with Crippen molar-refractivity contribution < 1.29 is 31.4 Å². The van der Waals surface area contributed by atoms with E-state index in [4.69, 9.17) is 84.2 Å². The van der Waals surface area contributed by atoms with Crippen molar-refractivity contribution in [1.82, 2.24) is 19.9 Å². The van der Waals surface area contributed by atoms with Gasteiger partial charge in [0.2, 0.25) is 11.6 Å². The number of hydrogen-bond acceptors (Lipinski definition) is 13. The van der Waals surface area contributed by atoms with Gasteiger partial charge in [-0.25, -0.2) is 26.8 Å². The van der Waals surface area contributed by atoms with Crippen molar-refractivity contribution >= 4 is 113 Å². The van der Waals surface area contributed by atoms with E-state index in [9.17, 15) is 16.8 Å². The minimum atomic E-state index is -4.11. The highest BCUT2D eigenvalue weighted by Gasteiger charge is 2.25. The van der Waals surface area contributed by atoms with Crippen molar-refractivity contribution in [2.24, 2.45) is 0 Å². The molecule has 4 N–H and O–H groups in total. The molecule has 0 saturated carbocycles. The van der Waals surface area contributed by atoms with Crippen LogP contribution in [0, 0.1) is 0 Å². The van der Waals surface area contributed by atoms with Crippen LogP contribution in [-0.2, 0) is 20.0 Å². The fourth-order valence-electron chi connectivity index (χ4n) is 3.53. The number of aliphatic hydroxyl groups excluding tert-OH is 1. The Morgan fingerprint density at radius 3 is 1.57 bits per heavy atom. The molecule has 0 aliphatic heterocycles. The Morgan fingerprint density at radius 2 is 1.14 bits per heavy atom. The summed E-state index contributed by atoms with van der Waals surface area (Å²) < 4.78 is 64.8. The predicted molar refractivity (Wildman–Crippen MR) is 192 cm³/mol. The van der Waals surface area contributed by atoms with Crippen molar-refractivity contribution in [2.75, 3.05) is 61.1 Å². The Balaban J connectivity index is 0.000000266. The van der Waals surface area contributed by atoms with Crippen LogP contribution >= 0.6 is 69.6 Å². The summed E-state index contributed by atoms with van der Waals surface area (Å²) in [7, 11) is -2.13. The highest BCUT2D eigenvalue weighted by molar-refractivity contribution is 7.93. The zero-order valence-electron chi connectivity index (χ0n) is 25.6. The number of rotatable bonds is 12. The summed E-state index contributed by atoms with van der Waals surface area (Å²) in [4.78, 5) is 17.3. The van der Waals surface area contributed by atoms with Gasteiger partial charge in [0.25, 0.3) is 31.8 Å². The lowest BCUT2D eigenvalue weighted by atomic mass is 10.4. The van der Waals surface area contributed by atoms with Crippen molar-refractivity contribution in [3.63, 3.8) is 0 Å².